The lowest BCUT2D eigenvalue weighted by Gasteiger charge is -2.26. The molecule has 1 saturated carbocycles. The highest BCUT2D eigenvalue weighted by Crippen LogP contribution is 2.40. The highest BCUT2D eigenvalue weighted by molar-refractivity contribution is 9.10. The maximum Gasteiger partial charge on any atom is 0.329 e. The predicted molar refractivity (Wildman–Crippen MR) is 77.0 cm³/mol. The number of hydrogen-bond donors (Lipinski definition) is 2. The minimum absolute atomic E-state index is 0.0380. The van der Waals surface area contributed by atoms with E-state index in [1.165, 1.54) is 25.1 Å². The summed E-state index contributed by atoms with van der Waals surface area (Å²) >= 11 is 3.03. The number of nitro benzene ring substituents is 1. The Bertz CT molecular complexity index is 629. The summed E-state index contributed by atoms with van der Waals surface area (Å²) in [6, 6.07) is 4.05. The molecule has 0 aliphatic heterocycles. The van der Waals surface area contributed by atoms with Crippen LogP contribution in [0.25, 0.3) is 0 Å². The van der Waals surface area contributed by atoms with Crippen molar-refractivity contribution in [3.63, 3.8) is 0 Å². The molecule has 1 aliphatic carbocycles. The molecule has 112 valence electrons. The van der Waals surface area contributed by atoms with Crippen molar-refractivity contribution in [1.29, 1.82) is 0 Å². The number of rotatable bonds is 5. The fourth-order valence-electron chi connectivity index (χ4n) is 2.13. The average Bonchev–Trinajstić information content (AvgIpc) is 3.22. The van der Waals surface area contributed by atoms with Crippen molar-refractivity contribution in [1.82, 2.24) is 5.32 Å². The largest absolute Gasteiger partial charge is 0.480 e. The van der Waals surface area contributed by atoms with E-state index in [0.717, 1.165) is 12.8 Å². The van der Waals surface area contributed by atoms with Gasteiger partial charge in [-0.1, -0.05) is 6.07 Å². The average molecular weight is 357 g/mol. The molecule has 7 nitrogen and oxygen atoms in total. The number of nitro groups is 1. The van der Waals surface area contributed by atoms with Gasteiger partial charge in [-0.2, -0.15) is 0 Å². The van der Waals surface area contributed by atoms with Crippen LogP contribution in [0, 0.1) is 16.0 Å². The Labute approximate surface area is 128 Å². The van der Waals surface area contributed by atoms with Gasteiger partial charge in [0.15, 0.2) is 0 Å². The summed E-state index contributed by atoms with van der Waals surface area (Å²) in [6.07, 6.45) is 1.47. The zero-order chi connectivity index (χ0) is 15.8. The second kappa shape index (κ2) is 5.44. The Balaban J connectivity index is 2.30. The number of carbonyl (C=O) groups is 2. The normalized spacial score (nSPS) is 16.9. The van der Waals surface area contributed by atoms with Crippen LogP contribution in [-0.4, -0.2) is 27.4 Å². The van der Waals surface area contributed by atoms with E-state index in [0.29, 0.717) is 0 Å². The predicted octanol–water partition coefficient (Wildman–Crippen LogP) is 2.34. The first-order valence-electron chi connectivity index (χ1n) is 6.26. The van der Waals surface area contributed by atoms with Gasteiger partial charge in [0.05, 0.1) is 10.5 Å². The molecule has 0 saturated heterocycles. The Morgan fingerprint density at radius 3 is 2.57 bits per heavy atom. The second-order valence-corrected chi connectivity index (χ2v) is 5.92. The van der Waals surface area contributed by atoms with Gasteiger partial charge >= 0.3 is 5.97 Å². The molecule has 1 unspecified atom stereocenters. The number of amides is 1. The molecule has 0 bridgehead atoms. The molecule has 0 radical (unpaired) electrons. The maximum atomic E-state index is 12.3. The minimum atomic E-state index is -1.36. The zero-order valence-corrected chi connectivity index (χ0v) is 12.7. The van der Waals surface area contributed by atoms with Crippen molar-refractivity contribution >= 4 is 33.5 Å². The third kappa shape index (κ3) is 2.90. The quantitative estimate of drug-likeness (QED) is 0.621. The summed E-state index contributed by atoms with van der Waals surface area (Å²) in [7, 11) is 0. The van der Waals surface area contributed by atoms with E-state index in [-0.39, 0.29) is 21.6 Å². The Hall–Kier alpha value is -1.96. The molecular formula is C13H13BrN2O5. The molecular weight excluding hydrogens is 344 g/mol. The third-order valence-electron chi connectivity index (χ3n) is 3.63. The van der Waals surface area contributed by atoms with Crippen LogP contribution in [0.3, 0.4) is 0 Å². The molecule has 21 heavy (non-hydrogen) atoms. The fourth-order valence-corrected chi connectivity index (χ4v) is 2.72. The molecule has 2 rings (SSSR count). The van der Waals surface area contributed by atoms with E-state index in [2.05, 4.69) is 21.2 Å². The van der Waals surface area contributed by atoms with Gasteiger partial charge in [0.1, 0.15) is 10.0 Å². The highest BCUT2D eigenvalue weighted by Gasteiger charge is 2.48. The second-order valence-electron chi connectivity index (χ2n) is 5.13. The number of hydrogen-bond acceptors (Lipinski definition) is 4. The summed E-state index contributed by atoms with van der Waals surface area (Å²) in [5.41, 5.74) is -1.57. The Morgan fingerprint density at radius 2 is 2.10 bits per heavy atom. The lowest BCUT2D eigenvalue weighted by Crippen LogP contribution is -2.54. The highest BCUT2D eigenvalue weighted by atomic mass is 79.9. The number of aliphatic carboxylic acids is 1. The SMILES string of the molecule is CC(NC(=O)c1cccc([N+](=O)[O-])c1Br)(C(=O)O)C1CC1. The van der Waals surface area contributed by atoms with E-state index < -0.39 is 22.3 Å². The summed E-state index contributed by atoms with van der Waals surface area (Å²) in [5.74, 6) is -1.88. The van der Waals surface area contributed by atoms with Gasteiger partial charge in [-0.3, -0.25) is 14.9 Å². The van der Waals surface area contributed by atoms with Crippen molar-refractivity contribution in [2.45, 2.75) is 25.3 Å². The fraction of sp³-hybridized carbons (Fsp3) is 0.385. The number of nitrogens with zero attached hydrogens (tertiary/aromatic N) is 1. The molecule has 0 spiro atoms. The van der Waals surface area contributed by atoms with Gasteiger partial charge < -0.3 is 10.4 Å². The van der Waals surface area contributed by atoms with E-state index in [4.69, 9.17) is 0 Å². The minimum Gasteiger partial charge on any atom is -0.480 e. The molecule has 1 aromatic carbocycles. The van der Waals surface area contributed by atoms with E-state index in [9.17, 15) is 24.8 Å². The van der Waals surface area contributed by atoms with Gasteiger partial charge in [-0.15, -0.1) is 0 Å². The summed E-state index contributed by atoms with van der Waals surface area (Å²) in [6.45, 7) is 1.45. The Kier molecular flexibility index (Phi) is 3.99. The van der Waals surface area contributed by atoms with Crippen molar-refractivity contribution in [3.05, 3.63) is 38.3 Å². The summed E-state index contributed by atoms with van der Waals surface area (Å²) < 4.78 is 0.0380. The molecule has 2 N–H and O–H groups in total. The number of carboxylic acid groups (broad SMARTS) is 1. The lowest BCUT2D eigenvalue weighted by molar-refractivity contribution is -0.385. The molecule has 1 amide bonds. The molecule has 0 heterocycles. The van der Waals surface area contributed by atoms with E-state index in [1.807, 2.05) is 0 Å². The van der Waals surface area contributed by atoms with Crippen LogP contribution in [-0.2, 0) is 4.79 Å². The van der Waals surface area contributed by atoms with Crippen LogP contribution in [0.2, 0.25) is 0 Å². The van der Waals surface area contributed by atoms with E-state index >= 15 is 0 Å². The van der Waals surface area contributed by atoms with E-state index in [1.54, 1.807) is 0 Å². The maximum absolute atomic E-state index is 12.3. The third-order valence-corrected chi connectivity index (χ3v) is 4.46. The monoisotopic (exact) mass is 356 g/mol. The molecule has 1 aromatic rings. The van der Waals surface area contributed by atoms with Crippen LogP contribution in [0.4, 0.5) is 5.69 Å². The van der Waals surface area contributed by atoms with Gasteiger partial charge in [0.25, 0.3) is 11.6 Å². The number of nitrogens with one attached hydrogen (secondary N) is 1. The standard InChI is InChI=1S/C13H13BrN2O5/c1-13(12(18)19,7-5-6-7)15-11(17)8-3-2-4-9(10(8)14)16(20)21/h2-4,7H,5-6H2,1H3,(H,15,17)(H,18,19). The van der Waals surface area contributed by atoms with Crippen LogP contribution < -0.4 is 5.32 Å². The first-order valence-corrected chi connectivity index (χ1v) is 7.05. The molecule has 8 heteroatoms. The lowest BCUT2D eigenvalue weighted by atomic mass is 9.95. The molecule has 0 aromatic heterocycles. The number of carboxylic acids is 1. The zero-order valence-electron chi connectivity index (χ0n) is 11.1. The number of carbonyl (C=O) groups excluding carboxylic acids is 1. The Morgan fingerprint density at radius 1 is 1.48 bits per heavy atom. The summed E-state index contributed by atoms with van der Waals surface area (Å²) in [4.78, 5) is 33.9. The summed E-state index contributed by atoms with van der Waals surface area (Å²) in [5, 5.41) is 22.7. The molecule has 1 fully saturated rings. The van der Waals surface area contributed by atoms with Gasteiger partial charge in [0.2, 0.25) is 0 Å². The van der Waals surface area contributed by atoms with Crippen LogP contribution in [0.15, 0.2) is 22.7 Å². The molecule has 1 aliphatic rings. The van der Waals surface area contributed by atoms with Gasteiger partial charge in [0, 0.05) is 6.07 Å². The van der Waals surface area contributed by atoms with Crippen LogP contribution in [0.1, 0.15) is 30.1 Å². The first kappa shape index (κ1) is 15.4. The van der Waals surface area contributed by atoms with Crippen LogP contribution in [0.5, 0.6) is 0 Å². The number of benzene rings is 1. The van der Waals surface area contributed by atoms with Crippen LogP contribution >= 0.6 is 15.9 Å². The molecule has 1 atom stereocenters. The smallest absolute Gasteiger partial charge is 0.329 e. The van der Waals surface area contributed by atoms with Gasteiger partial charge in [-0.25, -0.2) is 4.79 Å². The van der Waals surface area contributed by atoms with Crippen molar-refractivity contribution in [2.24, 2.45) is 5.92 Å². The number of halogens is 1. The first-order chi connectivity index (χ1) is 9.77. The van der Waals surface area contributed by atoms with Gasteiger partial charge in [-0.05, 0) is 47.7 Å². The van der Waals surface area contributed by atoms with Crippen molar-refractivity contribution < 1.29 is 19.6 Å². The topological polar surface area (TPSA) is 110 Å². The van der Waals surface area contributed by atoms with Crippen molar-refractivity contribution in [3.8, 4) is 0 Å². The van der Waals surface area contributed by atoms with Crippen molar-refractivity contribution in [2.75, 3.05) is 0 Å².